The number of carbonyl (C=O) groups is 1. The van der Waals surface area contributed by atoms with Crippen LogP contribution in [0.3, 0.4) is 0 Å². The van der Waals surface area contributed by atoms with E-state index in [4.69, 9.17) is 0 Å². The molecule has 3 aromatic rings. The van der Waals surface area contributed by atoms with Gasteiger partial charge >= 0.3 is 0 Å². The van der Waals surface area contributed by atoms with Crippen LogP contribution in [0.1, 0.15) is 35.8 Å². The van der Waals surface area contributed by atoms with Gasteiger partial charge in [-0.1, -0.05) is 12.1 Å². The molecule has 2 fully saturated rings. The van der Waals surface area contributed by atoms with Gasteiger partial charge in [-0.2, -0.15) is 0 Å². The molecule has 5 rings (SSSR count). The third-order valence-corrected chi connectivity index (χ3v) is 6.71. The van der Waals surface area contributed by atoms with Crippen LogP contribution in [0.5, 0.6) is 0 Å². The molecule has 4 heterocycles. The Bertz CT molecular complexity index is 1100. The summed E-state index contributed by atoms with van der Waals surface area (Å²) in [5.74, 6) is -0.207. The molecular weight excluding hydrogens is 402 g/mol. The van der Waals surface area contributed by atoms with E-state index in [0.29, 0.717) is 30.0 Å². The van der Waals surface area contributed by atoms with Crippen LogP contribution in [0.15, 0.2) is 36.5 Å². The molecule has 1 amide bonds. The lowest BCUT2D eigenvalue weighted by Gasteiger charge is -2.34. The van der Waals surface area contributed by atoms with Gasteiger partial charge in [-0.25, -0.2) is 0 Å². The average molecular weight is 434 g/mol. The van der Waals surface area contributed by atoms with E-state index in [1.165, 1.54) is 24.1 Å². The monoisotopic (exact) mass is 433 g/mol. The summed E-state index contributed by atoms with van der Waals surface area (Å²) in [4.78, 5) is 15.3. The number of hydrogen-bond acceptors (Lipinski definition) is 6. The smallest absolute Gasteiger partial charge is 0.274 e. The van der Waals surface area contributed by atoms with Crippen LogP contribution in [0.2, 0.25) is 0 Å². The van der Waals surface area contributed by atoms with E-state index in [-0.39, 0.29) is 5.91 Å². The first kappa shape index (κ1) is 20.8. The van der Waals surface area contributed by atoms with Crippen molar-refractivity contribution in [1.29, 1.82) is 0 Å². The van der Waals surface area contributed by atoms with E-state index in [1.54, 1.807) is 0 Å². The first-order valence-electron chi connectivity index (χ1n) is 11.6. The summed E-state index contributed by atoms with van der Waals surface area (Å²) in [6.45, 7) is 5.59. The van der Waals surface area contributed by atoms with Crippen molar-refractivity contribution in [2.75, 3.05) is 36.9 Å². The summed E-state index contributed by atoms with van der Waals surface area (Å²) < 4.78 is 2.01. The summed E-state index contributed by atoms with van der Waals surface area (Å²) >= 11 is 0. The molecular formula is C24H31N7O. The number of rotatable bonds is 7. The van der Waals surface area contributed by atoms with Gasteiger partial charge in [0.05, 0.1) is 5.69 Å². The molecule has 168 valence electrons. The van der Waals surface area contributed by atoms with Crippen LogP contribution in [-0.2, 0) is 13.0 Å². The van der Waals surface area contributed by atoms with Gasteiger partial charge < -0.3 is 25.4 Å². The molecule has 2 bridgehead atoms. The fourth-order valence-electron chi connectivity index (χ4n) is 5.00. The summed E-state index contributed by atoms with van der Waals surface area (Å²) in [6, 6.07) is 12.0. The predicted octanol–water partition coefficient (Wildman–Crippen LogP) is 2.41. The van der Waals surface area contributed by atoms with E-state index in [1.807, 2.05) is 23.9 Å². The highest BCUT2D eigenvalue weighted by atomic mass is 16.1. The number of fused-ring (bicyclic) bond motifs is 3. The van der Waals surface area contributed by atoms with Crippen LogP contribution in [0, 0.1) is 0 Å². The standard InChI is InChI=1S/C24H31N7O/c1-3-30-13-11-20-21(25-2)22(28-29-23(20)30)24(32)26-12-10-16-4-8-19(9-5-16)31-14-17-6-7-18(15-31)27-17/h4-5,8-9,11,13,17-18,27H,3,6-7,10,12,14-15H2,1-2H3,(H,25,29)(H,26,32). The zero-order chi connectivity index (χ0) is 22.1. The largest absolute Gasteiger partial charge is 0.386 e. The number of nitrogens with zero attached hydrogens (tertiary/aromatic N) is 4. The molecule has 1 aromatic carbocycles. The summed E-state index contributed by atoms with van der Waals surface area (Å²) in [5, 5.41) is 19.2. The number of hydrogen-bond donors (Lipinski definition) is 3. The Morgan fingerprint density at radius 2 is 1.88 bits per heavy atom. The fraction of sp³-hybridized carbons (Fsp3) is 0.458. The highest BCUT2D eigenvalue weighted by molar-refractivity contribution is 6.04. The van der Waals surface area contributed by atoms with Crippen molar-refractivity contribution in [2.45, 2.75) is 44.8 Å². The van der Waals surface area contributed by atoms with Gasteiger partial charge in [0.15, 0.2) is 11.3 Å². The zero-order valence-electron chi connectivity index (χ0n) is 18.8. The molecule has 2 aliphatic heterocycles. The third-order valence-electron chi connectivity index (χ3n) is 6.71. The quantitative estimate of drug-likeness (QED) is 0.531. The Morgan fingerprint density at radius 1 is 1.12 bits per heavy atom. The number of carbonyl (C=O) groups excluding carboxylic acids is 1. The normalized spacial score (nSPS) is 20.0. The van der Waals surface area contributed by atoms with Crippen molar-refractivity contribution in [1.82, 2.24) is 25.4 Å². The molecule has 0 aliphatic carbocycles. The van der Waals surface area contributed by atoms with E-state index in [9.17, 15) is 4.79 Å². The maximum absolute atomic E-state index is 12.8. The zero-order valence-corrected chi connectivity index (χ0v) is 18.8. The highest BCUT2D eigenvalue weighted by Crippen LogP contribution is 2.26. The maximum Gasteiger partial charge on any atom is 0.274 e. The van der Waals surface area contributed by atoms with Gasteiger partial charge in [0, 0.05) is 62.6 Å². The second-order valence-corrected chi connectivity index (χ2v) is 8.73. The number of aryl methyl sites for hydroxylation is 1. The molecule has 0 spiro atoms. The number of nitrogens with one attached hydrogen (secondary N) is 3. The lowest BCUT2D eigenvalue weighted by Crippen LogP contribution is -2.51. The van der Waals surface area contributed by atoms with Crippen LogP contribution in [0.25, 0.3) is 11.0 Å². The second-order valence-electron chi connectivity index (χ2n) is 8.73. The molecule has 0 saturated carbocycles. The molecule has 8 nitrogen and oxygen atoms in total. The van der Waals surface area contributed by atoms with Crippen molar-refractivity contribution >= 4 is 28.3 Å². The van der Waals surface area contributed by atoms with Crippen LogP contribution >= 0.6 is 0 Å². The van der Waals surface area contributed by atoms with E-state index < -0.39 is 0 Å². The molecule has 8 heteroatoms. The molecule has 0 radical (unpaired) electrons. The van der Waals surface area contributed by atoms with Gasteiger partial charge in [-0.3, -0.25) is 4.79 Å². The first-order valence-corrected chi connectivity index (χ1v) is 11.6. The highest BCUT2D eigenvalue weighted by Gasteiger charge is 2.32. The lowest BCUT2D eigenvalue weighted by molar-refractivity contribution is 0.0949. The average Bonchev–Trinajstić information content (AvgIpc) is 3.40. The summed E-state index contributed by atoms with van der Waals surface area (Å²) in [5.41, 5.74) is 4.33. The number of benzene rings is 1. The van der Waals surface area contributed by atoms with Gasteiger partial charge in [-0.05, 0) is 49.9 Å². The van der Waals surface area contributed by atoms with Gasteiger partial charge in [0.25, 0.3) is 5.91 Å². The van der Waals surface area contributed by atoms with Crippen molar-refractivity contribution < 1.29 is 4.79 Å². The Balaban J connectivity index is 1.20. The minimum absolute atomic E-state index is 0.207. The number of aromatic nitrogens is 3. The van der Waals surface area contributed by atoms with Crippen molar-refractivity contribution in [3.8, 4) is 0 Å². The summed E-state index contributed by atoms with van der Waals surface area (Å²) in [7, 11) is 1.81. The van der Waals surface area contributed by atoms with Gasteiger partial charge in [0.1, 0.15) is 0 Å². The van der Waals surface area contributed by atoms with E-state index >= 15 is 0 Å². The second kappa shape index (κ2) is 8.78. The Hall–Kier alpha value is -3.13. The first-order chi connectivity index (χ1) is 15.7. The molecule has 2 saturated heterocycles. The summed E-state index contributed by atoms with van der Waals surface area (Å²) in [6.07, 6.45) is 5.32. The topological polar surface area (TPSA) is 87.1 Å². The number of anilines is 2. The van der Waals surface area contributed by atoms with Gasteiger partial charge in [-0.15, -0.1) is 10.2 Å². The minimum atomic E-state index is -0.207. The van der Waals surface area contributed by atoms with Gasteiger partial charge in [0.2, 0.25) is 0 Å². The van der Waals surface area contributed by atoms with E-state index in [0.717, 1.165) is 37.1 Å². The van der Waals surface area contributed by atoms with Crippen molar-refractivity contribution in [2.24, 2.45) is 0 Å². The minimum Gasteiger partial charge on any atom is -0.386 e. The Kier molecular flexibility index (Phi) is 5.70. The van der Waals surface area contributed by atoms with Crippen LogP contribution < -0.4 is 20.9 Å². The molecule has 2 aliphatic rings. The van der Waals surface area contributed by atoms with Crippen LogP contribution in [-0.4, -0.2) is 59.4 Å². The number of amides is 1. The molecule has 2 aromatic heterocycles. The Labute approximate surface area is 188 Å². The third kappa shape index (κ3) is 3.90. The molecule has 32 heavy (non-hydrogen) atoms. The lowest BCUT2D eigenvalue weighted by atomic mass is 10.1. The van der Waals surface area contributed by atoms with Crippen molar-refractivity contribution in [3.05, 3.63) is 47.8 Å². The van der Waals surface area contributed by atoms with Crippen molar-refractivity contribution in [3.63, 3.8) is 0 Å². The van der Waals surface area contributed by atoms with E-state index in [2.05, 4.69) is 62.2 Å². The predicted molar refractivity (Wildman–Crippen MR) is 127 cm³/mol. The molecule has 2 unspecified atom stereocenters. The fourth-order valence-corrected chi connectivity index (χ4v) is 5.00. The number of piperazine rings is 1. The maximum atomic E-state index is 12.8. The Morgan fingerprint density at radius 3 is 2.56 bits per heavy atom. The van der Waals surface area contributed by atoms with Crippen LogP contribution in [0.4, 0.5) is 11.4 Å². The molecule has 3 N–H and O–H groups in total. The SMILES string of the molecule is CCn1ccc2c(NC)c(C(=O)NCCc3ccc(N4CC5CCC(C4)N5)cc3)nnc21. The molecule has 2 atom stereocenters.